The summed E-state index contributed by atoms with van der Waals surface area (Å²) < 4.78 is 67.2. The zero-order valence-electron chi connectivity index (χ0n) is 17.8. The summed E-state index contributed by atoms with van der Waals surface area (Å²) in [7, 11) is -3.84. The molecule has 1 aromatic heterocycles. The number of fused-ring (bicyclic) bond motifs is 2. The number of hydrogen-bond donors (Lipinski definition) is 2. The highest BCUT2D eigenvalue weighted by Crippen LogP contribution is 2.57. The Hall–Kier alpha value is -2.59. The zero-order chi connectivity index (χ0) is 24.2. The number of carbonyl (C=O) groups is 1. The Kier molecular flexibility index (Phi) is 5.84. The predicted octanol–water partition coefficient (Wildman–Crippen LogP) is 4.93. The third-order valence-electron chi connectivity index (χ3n) is 7.00. The average molecular weight is 512 g/mol. The molecule has 6 rings (SSSR count). The first-order chi connectivity index (χ1) is 16.1. The number of H-pyrrole nitrogens is 1. The van der Waals surface area contributed by atoms with Gasteiger partial charge in [-0.15, -0.1) is 0 Å². The number of halogens is 4. The molecule has 4 aliphatic carbocycles. The van der Waals surface area contributed by atoms with Gasteiger partial charge in [-0.1, -0.05) is 11.6 Å². The number of nitrogens with zero attached hydrogens (tertiary/aromatic N) is 1. The number of benzene rings is 1. The minimum absolute atomic E-state index is 0.00451. The number of imidazole rings is 1. The number of aromatic amines is 1. The molecule has 0 spiro atoms. The fourth-order valence-corrected chi connectivity index (χ4v) is 7.78. The van der Waals surface area contributed by atoms with E-state index in [4.69, 9.17) is 11.6 Å². The summed E-state index contributed by atoms with van der Waals surface area (Å²) in [5, 5.41) is 1.69. The standard InChI is InChI=1S/C23H21ClF3N3O3S/c24-16-2-1-11(23(31)30-14-9-17(25)21(27)18(26)10-14)8-19(16)34(32,33)15-6-12-5-13(7-15)20(12)22-28-3-4-29-22/h1-4,8-9,12-13,15,18,20H,5-7,10H2,(H,28,29)(H,30,31). The van der Waals surface area contributed by atoms with Crippen molar-refractivity contribution >= 4 is 27.3 Å². The Bertz CT molecular complexity index is 1300. The highest BCUT2D eigenvalue weighted by Gasteiger charge is 2.52. The maximum atomic E-state index is 13.6. The van der Waals surface area contributed by atoms with Gasteiger partial charge in [-0.25, -0.2) is 26.6 Å². The lowest BCUT2D eigenvalue weighted by molar-refractivity contribution is 0.0696. The van der Waals surface area contributed by atoms with Crippen molar-refractivity contribution in [2.45, 2.75) is 47.9 Å². The maximum Gasteiger partial charge on any atom is 0.255 e. The van der Waals surface area contributed by atoms with Crippen LogP contribution < -0.4 is 5.32 Å². The van der Waals surface area contributed by atoms with Crippen LogP contribution in [0.4, 0.5) is 13.2 Å². The lowest BCUT2D eigenvalue weighted by Gasteiger charge is -2.51. The van der Waals surface area contributed by atoms with Crippen molar-refractivity contribution in [2.75, 3.05) is 0 Å². The van der Waals surface area contributed by atoms with Crippen LogP contribution in [-0.4, -0.2) is 35.7 Å². The summed E-state index contributed by atoms with van der Waals surface area (Å²) in [4.78, 5) is 20.0. The summed E-state index contributed by atoms with van der Waals surface area (Å²) in [5.41, 5.74) is -0.184. The van der Waals surface area contributed by atoms with Gasteiger partial charge in [0.2, 0.25) is 0 Å². The Morgan fingerprint density at radius 1 is 1.18 bits per heavy atom. The summed E-state index contributed by atoms with van der Waals surface area (Å²) >= 11 is 6.22. The minimum Gasteiger partial charge on any atom is -0.348 e. The van der Waals surface area contributed by atoms with Gasteiger partial charge in [0.15, 0.2) is 27.7 Å². The molecule has 2 aromatic rings. The van der Waals surface area contributed by atoms with Gasteiger partial charge in [-0.3, -0.25) is 4.79 Å². The number of amides is 1. The SMILES string of the molecule is O=C(NC1=CC(F)=C(F)C(F)C1)c1ccc(Cl)c(S(=O)(=O)C2CC3CC(C2)C3c2ncc[nH]2)c1. The topological polar surface area (TPSA) is 91.9 Å². The number of allylic oxidation sites excluding steroid dienone is 4. The molecule has 1 amide bonds. The third kappa shape index (κ3) is 3.96. The summed E-state index contributed by atoms with van der Waals surface area (Å²) in [6.07, 6.45) is 3.32. The van der Waals surface area contributed by atoms with Crippen molar-refractivity contribution in [2.24, 2.45) is 11.8 Å². The molecule has 2 N–H and O–H groups in total. The summed E-state index contributed by atoms with van der Waals surface area (Å²) in [6, 6.07) is 3.82. The van der Waals surface area contributed by atoms with E-state index in [1.165, 1.54) is 18.2 Å². The van der Waals surface area contributed by atoms with E-state index >= 15 is 0 Å². The van der Waals surface area contributed by atoms with Gasteiger partial charge in [0, 0.05) is 36.0 Å². The minimum atomic E-state index is -3.84. The molecule has 4 aliphatic rings. The Morgan fingerprint density at radius 3 is 2.56 bits per heavy atom. The number of nitrogens with one attached hydrogen (secondary N) is 2. The van der Waals surface area contributed by atoms with Crippen LogP contribution in [0.15, 0.2) is 58.9 Å². The second-order valence-electron chi connectivity index (χ2n) is 9.03. The molecule has 180 valence electrons. The number of sulfone groups is 1. The Labute approximate surface area is 199 Å². The van der Waals surface area contributed by atoms with Gasteiger partial charge in [0.1, 0.15) is 5.82 Å². The molecular formula is C23H21ClF3N3O3S. The van der Waals surface area contributed by atoms with Gasteiger partial charge < -0.3 is 10.3 Å². The van der Waals surface area contributed by atoms with Crippen LogP contribution in [0.1, 0.15) is 47.8 Å². The number of carbonyl (C=O) groups excluding carboxylic acids is 1. The molecule has 1 aromatic carbocycles. The number of hydrogen-bond acceptors (Lipinski definition) is 4. The zero-order valence-corrected chi connectivity index (χ0v) is 19.3. The van der Waals surface area contributed by atoms with E-state index in [1.54, 1.807) is 12.4 Å². The first-order valence-electron chi connectivity index (χ1n) is 10.9. The first kappa shape index (κ1) is 23.2. The third-order valence-corrected chi connectivity index (χ3v) is 9.66. The molecule has 0 radical (unpaired) electrons. The van der Waals surface area contributed by atoms with E-state index in [2.05, 4.69) is 15.3 Å². The Morgan fingerprint density at radius 2 is 1.91 bits per heavy atom. The average Bonchev–Trinajstić information content (AvgIpc) is 3.31. The predicted molar refractivity (Wildman–Crippen MR) is 119 cm³/mol. The van der Waals surface area contributed by atoms with E-state index < -0.39 is 45.2 Å². The molecule has 3 atom stereocenters. The fourth-order valence-electron chi connectivity index (χ4n) is 5.35. The van der Waals surface area contributed by atoms with E-state index in [0.717, 1.165) is 12.2 Å². The van der Waals surface area contributed by atoms with Crippen LogP contribution >= 0.6 is 11.6 Å². The molecular weight excluding hydrogens is 491 g/mol. The van der Waals surface area contributed by atoms with Gasteiger partial charge in [0.25, 0.3) is 5.91 Å². The fraction of sp³-hybridized carbons (Fsp3) is 0.391. The van der Waals surface area contributed by atoms with Crippen LogP contribution in [0.25, 0.3) is 0 Å². The summed E-state index contributed by atoms with van der Waals surface area (Å²) in [5.74, 6) is -2.18. The van der Waals surface area contributed by atoms with Crippen molar-refractivity contribution in [1.82, 2.24) is 15.3 Å². The van der Waals surface area contributed by atoms with Crippen molar-refractivity contribution in [3.63, 3.8) is 0 Å². The molecule has 3 fully saturated rings. The largest absolute Gasteiger partial charge is 0.348 e. The van der Waals surface area contributed by atoms with Crippen LogP contribution in [-0.2, 0) is 9.84 Å². The van der Waals surface area contributed by atoms with Crippen molar-refractivity contribution in [1.29, 1.82) is 0 Å². The highest BCUT2D eigenvalue weighted by atomic mass is 35.5. The number of alkyl halides is 1. The van der Waals surface area contributed by atoms with Crippen LogP contribution in [0.2, 0.25) is 5.02 Å². The molecule has 0 saturated heterocycles. The van der Waals surface area contributed by atoms with Gasteiger partial charge >= 0.3 is 0 Å². The molecule has 3 unspecified atom stereocenters. The lowest BCUT2D eigenvalue weighted by Crippen LogP contribution is -2.47. The lowest BCUT2D eigenvalue weighted by atomic mass is 9.57. The monoisotopic (exact) mass is 511 g/mol. The van der Waals surface area contributed by atoms with Crippen molar-refractivity contribution < 1.29 is 26.4 Å². The molecule has 3 saturated carbocycles. The molecule has 11 heteroatoms. The van der Waals surface area contributed by atoms with Gasteiger partial charge in [-0.2, -0.15) is 0 Å². The van der Waals surface area contributed by atoms with Crippen LogP contribution in [0.3, 0.4) is 0 Å². The van der Waals surface area contributed by atoms with Gasteiger partial charge in [0.05, 0.1) is 15.2 Å². The van der Waals surface area contributed by atoms with Crippen LogP contribution in [0, 0.1) is 11.8 Å². The van der Waals surface area contributed by atoms with E-state index in [-0.39, 0.29) is 38.9 Å². The van der Waals surface area contributed by atoms with E-state index in [9.17, 15) is 26.4 Å². The maximum absolute atomic E-state index is 13.6. The van der Waals surface area contributed by atoms with E-state index in [0.29, 0.717) is 18.9 Å². The molecule has 34 heavy (non-hydrogen) atoms. The van der Waals surface area contributed by atoms with Crippen molar-refractivity contribution in [3.05, 3.63) is 70.4 Å². The normalized spacial score (nSPS) is 28.8. The molecule has 0 aliphatic heterocycles. The summed E-state index contributed by atoms with van der Waals surface area (Å²) in [6.45, 7) is 0. The smallest absolute Gasteiger partial charge is 0.255 e. The van der Waals surface area contributed by atoms with E-state index in [1.807, 2.05) is 0 Å². The number of rotatable bonds is 5. The number of aromatic nitrogens is 2. The molecule has 6 nitrogen and oxygen atoms in total. The van der Waals surface area contributed by atoms with Gasteiger partial charge in [-0.05, 0) is 55.4 Å². The quantitative estimate of drug-likeness (QED) is 0.595. The van der Waals surface area contributed by atoms with Crippen LogP contribution in [0.5, 0.6) is 0 Å². The molecule has 2 bridgehead atoms. The molecule has 1 heterocycles. The second-order valence-corrected chi connectivity index (χ2v) is 11.6. The second kappa shape index (κ2) is 8.57. The Balaban J connectivity index is 1.35. The van der Waals surface area contributed by atoms with Crippen molar-refractivity contribution in [3.8, 4) is 0 Å². The first-order valence-corrected chi connectivity index (χ1v) is 12.8. The highest BCUT2D eigenvalue weighted by molar-refractivity contribution is 7.92.